The van der Waals surface area contributed by atoms with Crippen molar-refractivity contribution in [3.05, 3.63) is 64.7 Å². The van der Waals surface area contributed by atoms with Gasteiger partial charge in [-0.05, 0) is 81.2 Å². The molecule has 0 bridgehead atoms. The molecule has 2 N–H and O–H groups in total. The minimum atomic E-state index is -1.01. The van der Waals surface area contributed by atoms with Crippen molar-refractivity contribution in [2.45, 2.75) is 38.1 Å². The van der Waals surface area contributed by atoms with Gasteiger partial charge in [0.05, 0.1) is 11.1 Å². The Morgan fingerprint density at radius 3 is 2.46 bits per heavy atom. The average molecular weight is 493 g/mol. The Kier molecular flexibility index (Phi) is 6.88. The second kappa shape index (κ2) is 10.2. The summed E-state index contributed by atoms with van der Waals surface area (Å²) >= 11 is 5.99. The normalized spacial score (nSPS) is 17.5. The number of aromatic carboxylic acids is 1. The number of hydrogen-bond acceptors (Lipinski definition) is 5. The number of carboxylic acid groups (broad SMARTS) is 1. The molecule has 1 amide bonds. The lowest BCUT2D eigenvalue weighted by atomic mass is 9.99. The summed E-state index contributed by atoms with van der Waals surface area (Å²) in [6, 6.07) is 14.1. The molecule has 2 saturated heterocycles. The van der Waals surface area contributed by atoms with Gasteiger partial charge in [0.15, 0.2) is 0 Å². The van der Waals surface area contributed by atoms with Crippen LogP contribution in [0.3, 0.4) is 0 Å². The van der Waals surface area contributed by atoms with Crippen LogP contribution in [0.15, 0.2) is 48.5 Å². The molecule has 182 valence electrons. The van der Waals surface area contributed by atoms with Gasteiger partial charge in [-0.1, -0.05) is 24.1 Å². The number of carbonyl (C=O) groups is 2. The molecule has 0 radical (unpaired) electrons. The zero-order valence-electron chi connectivity index (χ0n) is 19.5. The van der Waals surface area contributed by atoms with Crippen LogP contribution in [0, 0.1) is 0 Å². The van der Waals surface area contributed by atoms with Crippen LogP contribution < -0.4 is 10.2 Å². The fourth-order valence-electron chi connectivity index (χ4n) is 5.21. The zero-order chi connectivity index (χ0) is 24.4. The molecule has 0 saturated carbocycles. The number of aromatic nitrogens is 1. The Morgan fingerprint density at radius 1 is 0.971 bits per heavy atom. The first-order valence-electron chi connectivity index (χ1n) is 12.2. The van der Waals surface area contributed by atoms with Crippen LogP contribution in [-0.4, -0.2) is 59.1 Å². The lowest BCUT2D eigenvalue weighted by Gasteiger charge is -2.40. The maximum Gasteiger partial charge on any atom is 0.336 e. The van der Waals surface area contributed by atoms with Crippen molar-refractivity contribution in [1.29, 1.82) is 0 Å². The average Bonchev–Trinajstić information content (AvgIpc) is 2.88. The van der Waals surface area contributed by atoms with Crippen LogP contribution in [0.1, 0.15) is 52.8 Å². The molecule has 0 aliphatic carbocycles. The van der Waals surface area contributed by atoms with Gasteiger partial charge in [0.2, 0.25) is 0 Å². The Morgan fingerprint density at radius 2 is 1.74 bits per heavy atom. The molecular weight excluding hydrogens is 464 g/mol. The highest BCUT2D eigenvalue weighted by Crippen LogP contribution is 2.29. The molecule has 7 nitrogen and oxygen atoms in total. The molecule has 2 aliphatic heterocycles. The van der Waals surface area contributed by atoms with E-state index in [9.17, 15) is 14.7 Å². The lowest BCUT2D eigenvalue weighted by molar-refractivity contribution is 0.0698. The van der Waals surface area contributed by atoms with Gasteiger partial charge < -0.3 is 20.2 Å². The molecule has 3 heterocycles. The highest BCUT2D eigenvalue weighted by atomic mass is 35.5. The predicted octanol–water partition coefficient (Wildman–Crippen LogP) is 5.29. The molecule has 0 unspecified atom stereocenters. The van der Waals surface area contributed by atoms with Crippen LogP contribution in [-0.2, 0) is 0 Å². The highest BCUT2D eigenvalue weighted by Gasteiger charge is 2.27. The number of fused-ring (bicyclic) bond motifs is 1. The number of nitrogens with one attached hydrogen (secondary N) is 1. The van der Waals surface area contributed by atoms with Gasteiger partial charge in [0.1, 0.15) is 5.82 Å². The number of carboxylic acids is 1. The van der Waals surface area contributed by atoms with Gasteiger partial charge in [-0.15, -0.1) is 0 Å². The molecule has 5 rings (SSSR count). The third-order valence-electron chi connectivity index (χ3n) is 7.07. The van der Waals surface area contributed by atoms with Crippen LogP contribution in [0.2, 0.25) is 5.02 Å². The predicted molar refractivity (Wildman–Crippen MR) is 139 cm³/mol. The molecule has 35 heavy (non-hydrogen) atoms. The molecule has 2 aliphatic rings. The zero-order valence-corrected chi connectivity index (χ0v) is 20.3. The number of piperidine rings is 2. The summed E-state index contributed by atoms with van der Waals surface area (Å²) < 4.78 is 0. The quantitative estimate of drug-likeness (QED) is 0.503. The van der Waals surface area contributed by atoms with Gasteiger partial charge in [-0.2, -0.15) is 0 Å². The van der Waals surface area contributed by atoms with E-state index < -0.39 is 5.97 Å². The number of rotatable bonds is 5. The van der Waals surface area contributed by atoms with Crippen LogP contribution in [0.4, 0.5) is 11.5 Å². The molecule has 1 aromatic heterocycles. The molecule has 0 atom stereocenters. The van der Waals surface area contributed by atoms with Crippen LogP contribution in [0.25, 0.3) is 10.9 Å². The first-order valence-corrected chi connectivity index (χ1v) is 12.6. The maximum absolute atomic E-state index is 12.6. The van der Waals surface area contributed by atoms with E-state index >= 15 is 0 Å². The fraction of sp³-hybridized carbons (Fsp3) is 0.370. The third kappa shape index (κ3) is 5.26. The van der Waals surface area contributed by atoms with Crippen LogP contribution in [0.5, 0.6) is 0 Å². The van der Waals surface area contributed by atoms with Gasteiger partial charge in [-0.25, -0.2) is 9.78 Å². The topological polar surface area (TPSA) is 85.8 Å². The molecule has 3 aromatic rings. The van der Waals surface area contributed by atoms with Crippen LogP contribution >= 0.6 is 11.6 Å². The molecular formula is C27H29ClN4O3. The molecule has 0 spiro atoms. The summed E-state index contributed by atoms with van der Waals surface area (Å²) in [5.74, 6) is -0.632. The summed E-state index contributed by atoms with van der Waals surface area (Å²) in [6.45, 7) is 4.12. The van der Waals surface area contributed by atoms with Crippen molar-refractivity contribution in [1.82, 2.24) is 9.88 Å². The van der Waals surface area contributed by atoms with Gasteiger partial charge in [0, 0.05) is 40.8 Å². The third-order valence-corrected chi connectivity index (χ3v) is 7.30. The molecule has 8 heteroatoms. The first kappa shape index (κ1) is 23.6. The van der Waals surface area contributed by atoms with E-state index in [0.717, 1.165) is 25.9 Å². The van der Waals surface area contributed by atoms with Crippen molar-refractivity contribution in [2.24, 2.45) is 0 Å². The van der Waals surface area contributed by atoms with Crippen molar-refractivity contribution < 1.29 is 14.7 Å². The van der Waals surface area contributed by atoms with E-state index in [1.54, 1.807) is 48.5 Å². The highest BCUT2D eigenvalue weighted by molar-refractivity contribution is 6.31. The maximum atomic E-state index is 12.6. The Bertz CT molecular complexity index is 1250. The summed E-state index contributed by atoms with van der Waals surface area (Å²) in [5, 5.41) is 13.7. The monoisotopic (exact) mass is 492 g/mol. The van der Waals surface area contributed by atoms with E-state index in [4.69, 9.17) is 16.6 Å². The Balaban J connectivity index is 1.36. The SMILES string of the molecule is O=C(Nc1ccc2nc(N3CCC(N4CCCCC4)CC3)cc(C(=O)O)c2c1)c1cccc(Cl)c1. The Hall–Kier alpha value is -3.16. The summed E-state index contributed by atoms with van der Waals surface area (Å²) in [7, 11) is 0. The number of amides is 1. The second-order valence-corrected chi connectivity index (χ2v) is 9.78. The number of carbonyl (C=O) groups excluding carboxylic acids is 1. The largest absolute Gasteiger partial charge is 0.478 e. The van der Waals surface area contributed by atoms with Crippen molar-refractivity contribution in [3.63, 3.8) is 0 Å². The van der Waals surface area contributed by atoms with Gasteiger partial charge >= 0.3 is 5.97 Å². The minimum absolute atomic E-state index is 0.182. The minimum Gasteiger partial charge on any atom is -0.478 e. The van der Waals surface area contributed by atoms with Gasteiger partial charge in [-0.3, -0.25) is 4.79 Å². The van der Waals surface area contributed by atoms with E-state index in [1.807, 2.05) is 0 Å². The number of hydrogen-bond donors (Lipinski definition) is 2. The number of nitrogens with zero attached hydrogens (tertiary/aromatic N) is 3. The van der Waals surface area contributed by atoms with Gasteiger partial charge in [0.25, 0.3) is 5.91 Å². The molecule has 2 aromatic carbocycles. The van der Waals surface area contributed by atoms with Crippen molar-refractivity contribution >= 4 is 45.9 Å². The lowest BCUT2D eigenvalue weighted by Crippen LogP contribution is -2.47. The summed E-state index contributed by atoms with van der Waals surface area (Å²) in [4.78, 5) is 34.4. The standard InChI is InChI=1S/C27H29ClN4O3/c28-19-6-4-5-18(15-19)26(33)29-20-7-8-24-22(16-20)23(27(34)35)17-25(30-24)32-13-9-21(10-14-32)31-11-2-1-3-12-31/h4-8,15-17,21H,1-3,9-14H2,(H,29,33)(H,34,35). The van der Waals surface area contributed by atoms with E-state index in [-0.39, 0.29) is 11.5 Å². The van der Waals surface area contributed by atoms with Crippen molar-refractivity contribution in [3.8, 4) is 0 Å². The van der Waals surface area contributed by atoms with E-state index in [2.05, 4.69) is 15.1 Å². The summed E-state index contributed by atoms with van der Waals surface area (Å²) in [5.41, 5.74) is 1.71. The number of benzene rings is 2. The first-order chi connectivity index (χ1) is 17.0. The van der Waals surface area contributed by atoms with E-state index in [1.165, 1.54) is 32.4 Å². The Labute approximate surface area is 209 Å². The summed E-state index contributed by atoms with van der Waals surface area (Å²) in [6.07, 6.45) is 6.04. The number of likely N-dealkylation sites (tertiary alicyclic amines) is 1. The smallest absolute Gasteiger partial charge is 0.336 e. The second-order valence-electron chi connectivity index (χ2n) is 9.34. The number of halogens is 1. The fourth-order valence-corrected chi connectivity index (χ4v) is 5.40. The molecule has 2 fully saturated rings. The number of pyridine rings is 1. The van der Waals surface area contributed by atoms with E-state index in [0.29, 0.717) is 39.0 Å². The number of anilines is 2. The van der Waals surface area contributed by atoms with Crippen molar-refractivity contribution in [2.75, 3.05) is 36.4 Å².